The van der Waals surface area contributed by atoms with Gasteiger partial charge in [-0.2, -0.15) is 27.0 Å². The standard InChI is InChI=1S/C34H42N6O4S.2H2S/c1-33(2,3)43-31(41)39-17-7-9-26(39)29-35-20-25(38-29)28-16-14-22(45-28)13-11-21-12-15-23-24(19-21)37-30(36-23)27-10-8-18-40(27)32(42)44-34(4,5)6;;/h11-16,19-20,26-27H,7-10,17-18H2,1-6H3,(H,35,38)(H,36,37);2*1H2/b13-11+;;/t26-,27-;;/m0../s1. The molecule has 0 aliphatic carbocycles. The summed E-state index contributed by atoms with van der Waals surface area (Å²) < 4.78 is 11.3. The summed E-state index contributed by atoms with van der Waals surface area (Å²) in [5.74, 6) is 1.58. The minimum atomic E-state index is -0.537. The quantitative estimate of drug-likeness (QED) is 0.216. The Bertz CT molecular complexity index is 1730. The van der Waals surface area contributed by atoms with Crippen LogP contribution in [0.2, 0.25) is 0 Å². The molecule has 0 bridgehead atoms. The molecule has 13 heteroatoms. The number of nitrogens with one attached hydrogen (secondary N) is 2. The molecule has 2 amide bonds. The van der Waals surface area contributed by atoms with Gasteiger partial charge >= 0.3 is 12.2 Å². The molecule has 0 spiro atoms. The molecule has 2 fully saturated rings. The number of hydrogen-bond acceptors (Lipinski definition) is 7. The second kappa shape index (κ2) is 14.4. The van der Waals surface area contributed by atoms with Crippen molar-refractivity contribution in [2.45, 2.75) is 90.5 Å². The average molecular weight is 699 g/mol. The van der Waals surface area contributed by atoms with Gasteiger partial charge in [-0.3, -0.25) is 9.80 Å². The maximum absolute atomic E-state index is 12.8. The molecular formula is C34H46N6O4S3. The highest BCUT2D eigenvalue weighted by Gasteiger charge is 2.36. The zero-order valence-corrected chi connectivity index (χ0v) is 30.7. The molecule has 6 rings (SSSR count). The Labute approximate surface area is 294 Å². The second-order valence-electron chi connectivity index (χ2n) is 13.8. The summed E-state index contributed by atoms with van der Waals surface area (Å²) in [5, 5.41) is 0. The van der Waals surface area contributed by atoms with Crippen molar-refractivity contribution in [3.63, 3.8) is 0 Å². The summed E-state index contributed by atoms with van der Waals surface area (Å²) in [7, 11) is 0. The number of fused-ring (bicyclic) bond motifs is 1. The van der Waals surface area contributed by atoms with Crippen LogP contribution in [0.4, 0.5) is 9.59 Å². The van der Waals surface area contributed by atoms with Crippen molar-refractivity contribution in [2.24, 2.45) is 0 Å². The van der Waals surface area contributed by atoms with E-state index in [1.807, 2.05) is 53.8 Å². The number of benzene rings is 1. The van der Waals surface area contributed by atoms with E-state index in [0.717, 1.165) is 69.4 Å². The van der Waals surface area contributed by atoms with Gasteiger partial charge in [0.15, 0.2) is 0 Å². The fraction of sp³-hybridized carbons (Fsp3) is 0.471. The van der Waals surface area contributed by atoms with E-state index in [-0.39, 0.29) is 51.3 Å². The summed E-state index contributed by atoms with van der Waals surface area (Å²) in [5.41, 5.74) is 2.73. The number of amides is 2. The van der Waals surface area contributed by atoms with E-state index >= 15 is 0 Å². The third kappa shape index (κ3) is 8.55. The van der Waals surface area contributed by atoms with Crippen LogP contribution in [0.3, 0.4) is 0 Å². The molecule has 1 aromatic carbocycles. The minimum absolute atomic E-state index is 0. The van der Waals surface area contributed by atoms with Crippen molar-refractivity contribution >= 4 is 73.7 Å². The van der Waals surface area contributed by atoms with Gasteiger partial charge in [-0.1, -0.05) is 12.1 Å². The predicted molar refractivity (Wildman–Crippen MR) is 198 cm³/mol. The molecule has 47 heavy (non-hydrogen) atoms. The fourth-order valence-corrected chi connectivity index (χ4v) is 6.76. The van der Waals surface area contributed by atoms with Crippen molar-refractivity contribution < 1.29 is 19.1 Å². The van der Waals surface area contributed by atoms with Gasteiger partial charge in [-0.05, 0) is 103 Å². The number of H-pyrrole nitrogens is 2. The number of ether oxygens (including phenoxy) is 2. The lowest BCUT2D eigenvalue weighted by Crippen LogP contribution is -2.36. The zero-order valence-electron chi connectivity index (χ0n) is 27.8. The van der Waals surface area contributed by atoms with Gasteiger partial charge in [0.2, 0.25) is 0 Å². The van der Waals surface area contributed by atoms with E-state index in [2.05, 4.69) is 51.4 Å². The Kier molecular flexibility index (Phi) is 11.1. The van der Waals surface area contributed by atoms with Gasteiger partial charge in [0.1, 0.15) is 22.9 Å². The molecule has 3 aromatic heterocycles. The van der Waals surface area contributed by atoms with E-state index < -0.39 is 11.2 Å². The summed E-state index contributed by atoms with van der Waals surface area (Å²) in [4.78, 5) is 47.7. The van der Waals surface area contributed by atoms with Gasteiger partial charge in [0.05, 0.1) is 39.9 Å². The van der Waals surface area contributed by atoms with E-state index in [0.29, 0.717) is 13.1 Å². The maximum Gasteiger partial charge on any atom is 0.410 e. The van der Waals surface area contributed by atoms with Crippen LogP contribution in [0.15, 0.2) is 36.5 Å². The monoisotopic (exact) mass is 698 g/mol. The first-order valence-electron chi connectivity index (χ1n) is 15.7. The lowest BCUT2D eigenvalue weighted by Gasteiger charge is -2.27. The van der Waals surface area contributed by atoms with Crippen molar-refractivity contribution in [1.82, 2.24) is 29.7 Å². The van der Waals surface area contributed by atoms with Gasteiger partial charge in [-0.15, -0.1) is 11.3 Å². The Morgan fingerprint density at radius 1 is 0.851 bits per heavy atom. The van der Waals surface area contributed by atoms with Crippen molar-refractivity contribution in [3.8, 4) is 10.6 Å². The van der Waals surface area contributed by atoms with E-state index in [9.17, 15) is 9.59 Å². The first kappa shape index (κ1) is 36.4. The highest BCUT2D eigenvalue weighted by atomic mass is 32.1. The predicted octanol–water partition coefficient (Wildman–Crippen LogP) is 8.55. The molecule has 10 nitrogen and oxygen atoms in total. The van der Waals surface area contributed by atoms with Crippen molar-refractivity contribution in [3.05, 3.63) is 58.6 Å². The van der Waals surface area contributed by atoms with Gasteiger partial charge in [0.25, 0.3) is 0 Å². The third-order valence-corrected chi connectivity index (χ3v) is 8.93. The molecule has 2 aliphatic rings. The summed E-state index contributed by atoms with van der Waals surface area (Å²) in [6.45, 7) is 12.6. The zero-order chi connectivity index (χ0) is 31.9. The number of nitrogens with zero attached hydrogens (tertiary/aromatic N) is 4. The number of hydrogen-bond donors (Lipinski definition) is 2. The highest BCUT2D eigenvalue weighted by Crippen LogP contribution is 2.35. The van der Waals surface area contributed by atoms with Crippen LogP contribution >= 0.6 is 38.3 Å². The number of likely N-dealkylation sites (tertiary alicyclic amines) is 2. The normalized spacial score (nSPS) is 18.4. The number of rotatable bonds is 5. The molecule has 0 radical (unpaired) electrons. The lowest BCUT2D eigenvalue weighted by atomic mass is 10.2. The number of carbonyl (C=O) groups excluding carboxylic acids is 2. The Balaban J connectivity index is 0.00000250. The maximum atomic E-state index is 12.8. The first-order valence-corrected chi connectivity index (χ1v) is 16.5. The van der Waals surface area contributed by atoms with E-state index in [1.54, 1.807) is 21.1 Å². The van der Waals surface area contributed by atoms with Crippen LogP contribution in [0.1, 0.15) is 101 Å². The average Bonchev–Trinajstić information content (AvgIpc) is 3.78. The van der Waals surface area contributed by atoms with Gasteiger partial charge in [0, 0.05) is 18.0 Å². The lowest BCUT2D eigenvalue weighted by molar-refractivity contribution is 0.0208. The number of imidazole rings is 2. The molecule has 2 atom stereocenters. The van der Waals surface area contributed by atoms with Crippen LogP contribution < -0.4 is 0 Å². The van der Waals surface area contributed by atoms with Crippen LogP contribution in [-0.4, -0.2) is 66.2 Å². The van der Waals surface area contributed by atoms with Crippen molar-refractivity contribution in [2.75, 3.05) is 13.1 Å². The summed E-state index contributed by atoms with van der Waals surface area (Å²) in [6, 6.07) is 10.1. The molecule has 2 N–H and O–H groups in total. The third-order valence-electron chi connectivity index (χ3n) is 7.84. The smallest absolute Gasteiger partial charge is 0.410 e. The number of aromatic nitrogens is 4. The topological polar surface area (TPSA) is 116 Å². The fourth-order valence-electron chi connectivity index (χ4n) is 5.89. The first-order chi connectivity index (χ1) is 21.3. The second-order valence-corrected chi connectivity index (χ2v) is 14.9. The summed E-state index contributed by atoms with van der Waals surface area (Å²) >= 11 is 1.67. The van der Waals surface area contributed by atoms with Gasteiger partial charge in [-0.25, -0.2) is 19.6 Å². The molecule has 0 unspecified atom stereocenters. The Morgan fingerprint density at radius 2 is 1.47 bits per heavy atom. The highest BCUT2D eigenvalue weighted by molar-refractivity contribution is 7.59. The summed E-state index contributed by atoms with van der Waals surface area (Å²) in [6.07, 6.45) is 9.00. The molecule has 2 aliphatic heterocycles. The van der Waals surface area contributed by atoms with E-state index in [1.165, 1.54) is 0 Å². The SMILES string of the molecule is CC(C)(C)OC(=O)N1CCC[C@H]1c1ncc(-c2ccc(/C=C/c3ccc4nc([C@@H]5CCCN5C(=O)OC(C)(C)C)[nH]c4c3)s2)[nH]1.S.S. The van der Waals surface area contributed by atoms with Crippen LogP contribution in [0, 0.1) is 0 Å². The molecule has 0 saturated carbocycles. The van der Waals surface area contributed by atoms with Crippen molar-refractivity contribution in [1.29, 1.82) is 0 Å². The largest absolute Gasteiger partial charge is 0.444 e. The minimum Gasteiger partial charge on any atom is -0.444 e. The molecule has 2 saturated heterocycles. The number of aromatic amines is 2. The Morgan fingerprint density at radius 3 is 2.09 bits per heavy atom. The molecule has 4 aromatic rings. The Hall–Kier alpha value is -3.42. The molecule has 5 heterocycles. The number of carbonyl (C=O) groups is 2. The number of thiophene rings is 1. The molecular weight excluding hydrogens is 653 g/mol. The van der Waals surface area contributed by atoms with Gasteiger partial charge < -0.3 is 19.4 Å². The van der Waals surface area contributed by atoms with E-state index in [4.69, 9.17) is 14.5 Å². The molecule has 254 valence electrons. The van der Waals surface area contributed by atoms with Crippen LogP contribution in [0.5, 0.6) is 0 Å². The van der Waals surface area contributed by atoms with Crippen LogP contribution in [0.25, 0.3) is 33.8 Å². The van der Waals surface area contributed by atoms with Crippen LogP contribution in [-0.2, 0) is 9.47 Å².